The van der Waals surface area contributed by atoms with Gasteiger partial charge in [0, 0.05) is 22.6 Å². The molecule has 0 bridgehead atoms. The van der Waals surface area contributed by atoms with E-state index >= 15 is 0 Å². The van der Waals surface area contributed by atoms with Gasteiger partial charge >= 0.3 is 0 Å². The summed E-state index contributed by atoms with van der Waals surface area (Å²) in [6, 6.07) is 8.38. The van der Waals surface area contributed by atoms with Gasteiger partial charge in [0.05, 0.1) is 5.52 Å². The molecule has 1 saturated carbocycles. The van der Waals surface area contributed by atoms with E-state index in [1.807, 2.05) is 12.3 Å². The van der Waals surface area contributed by atoms with Crippen molar-refractivity contribution in [2.45, 2.75) is 26.3 Å². The van der Waals surface area contributed by atoms with Gasteiger partial charge in [-0.3, -0.25) is 4.98 Å². The molecule has 1 heterocycles. The van der Waals surface area contributed by atoms with Crippen LogP contribution in [0.1, 0.15) is 25.3 Å². The lowest BCUT2D eigenvalue weighted by Crippen LogP contribution is -2.22. The summed E-state index contributed by atoms with van der Waals surface area (Å²) in [7, 11) is 0. The Bertz CT molecular complexity index is 578. The lowest BCUT2D eigenvalue weighted by molar-refractivity contribution is 0.462. The molecule has 1 aliphatic carbocycles. The first-order chi connectivity index (χ1) is 9.25. The second-order valence-electron chi connectivity index (χ2n) is 5.55. The van der Waals surface area contributed by atoms with Crippen molar-refractivity contribution in [3.63, 3.8) is 0 Å². The second-order valence-corrected chi connectivity index (χ2v) is 6.41. The fourth-order valence-corrected chi connectivity index (χ4v) is 3.06. The quantitative estimate of drug-likeness (QED) is 0.896. The summed E-state index contributed by atoms with van der Waals surface area (Å²) in [6.45, 7) is 4.36. The minimum absolute atomic E-state index is 0.801. The summed E-state index contributed by atoms with van der Waals surface area (Å²) in [5, 5.41) is 4.77. The Morgan fingerprint density at radius 1 is 1.37 bits per heavy atom. The largest absolute Gasteiger partial charge is 0.312 e. The van der Waals surface area contributed by atoms with Crippen LogP contribution < -0.4 is 5.32 Å². The molecule has 1 N–H and O–H groups in total. The highest BCUT2D eigenvalue weighted by Gasteiger charge is 2.27. The minimum Gasteiger partial charge on any atom is -0.312 e. The fraction of sp³-hybridized carbons (Fsp3) is 0.438. The van der Waals surface area contributed by atoms with E-state index in [4.69, 9.17) is 0 Å². The van der Waals surface area contributed by atoms with Crippen LogP contribution in [0.5, 0.6) is 0 Å². The number of hydrogen-bond donors (Lipinski definition) is 1. The van der Waals surface area contributed by atoms with Crippen LogP contribution in [-0.4, -0.2) is 11.5 Å². The Morgan fingerprint density at radius 2 is 2.21 bits per heavy atom. The normalized spacial score (nSPS) is 16.7. The highest BCUT2D eigenvalue weighted by atomic mass is 79.9. The number of fused-ring (bicyclic) bond motifs is 1. The third-order valence-electron chi connectivity index (χ3n) is 4.01. The highest BCUT2D eigenvalue weighted by Crippen LogP contribution is 2.36. The van der Waals surface area contributed by atoms with Crippen LogP contribution >= 0.6 is 15.9 Å². The first-order valence-electron chi connectivity index (χ1n) is 6.98. The number of nitrogens with zero attached hydrogens (tertiary/aromatic N) is 1. The first kappa shape index (κ1) is 13.1. The zero-order valence-electron chi connectivity index (χ0n) is 11.2. The maximum absolute atomic E-state index is 4.52. The summed E-state index contributed by atoms with van der Waals surface area (Å²) in [6.07, 6.45) is 4.71. The minimum atomic E-state index is 0.801. The maximum Gasteiger partial charge on any atom is 0.0758 e. The molecule has 0 aliphatic heterocycles. The van der Waals surface area contributed by atoms with Crippen molar-refractivity contribution in [2.75, 3.05) is 6.54 Å². The number of nitrogens with one attached hydrogen (secondary N) is 1. The third-order valence-corrected chi connectivity index (χ3v) is 4.70. The average molecular weight is 319 g/mol. The van der Waals surface area contributed by atoms with Gasteiger partial charge in [-0.2, -0.15) is 0 Å². The summed E-state index contributed by atoms with van der Waals surface area (Å²) in [5.41, 5.74) is 2.38. The molecule has 0 spiro atoms. The van der Waals surface area contributed by atoms with Crippen molar-refractivity contribution in [2.24, 2.45) is 11.8 Å². The van der Waals surface area contributed by atoms with Crippen LogP contribution in [0.4, 0.5) is 0 Å². The van der Waals surface area contributed by atoms with E-state index in [1.54, 1.807) is 0 Å². The molecule has 1 aromatic carbocycles. The summed E-state index contributed by atoms with van der Waals surface area (Å²) in [4.78, 5) is 4.52. The number of benzene rings is 1. The molecule has 3 rings (SSSR count). The van der Waals surface area contributed by atoms with Crippen molar-refractivity contribution < 1.29 is 0 Å². The summed E-state index contributed by atoms with van der Waals surface area (Å²) >= 11 is 3.59. The van der Waals surface area contributed by atoms with Crippen molar-refractivity contribution in [3.8, 4) is 0 Å². The molecule has 1 aliphatic rings. The van der Waals surface area contributed by atoms with E-state index < -0.39 is 0 Å². The zero-order chi connectivity index (χ0) is 13.2. The van der Waals surface area contributed by atoms with Crippen molar-refractivity contribution in [1.29, 1.82) is 0 Å². The maximum atomic E-state index is 4.52. The molecule has 0 saturated heterocycles. The predicted octanol–water partition coefficient (Wildman–Crippen LogP) is 4.13. The van der Waals surface area contributed by atoms with E-state index in [-0.39, 0.29) is 0 Å². The summed E-state index contributed by atoms with van der Waals surface area (Å²) < 4.78 is 1.12. The van der Waals surface area contributed by atoms with Gasteiger partial charge in [-0.1, -0.05) is 35.0 Å². The first-order valence-corrected chi connectivity index (χ1v) is 7.78. The number of halogens is 1. The Kier molecular flexibility index (Phi) is 3.85. The van der Waals surface area contributed by atoms with E-state index in [0.29, 0.717) is 0 Å². The third kappa shape index (κ3) is 2.98. The van der Waals surface area contributed by atoms with Crippen LogP contribution in [0, 0.1) is 11.8 Å². The van der Waals surface area contributed by atoms with Gasteiger partial charge in [0.1, 0.15) is 0 Å². The second kappa shape index (κ2) is 5.59. The van der Waals surface area contributed by atoms with Crippen LogP contribution in [0.2, 0.25) is 0 Å². The Hall–Kier alpha value is -0.930. The van der Waals surface area contributed by atoms with Gasteiger partial charge in [-0.25, -0.2) is 0 Å². The van der Waals surface area contributed by atoms with E-state index in [9.17, 15) is 0 Å². The molecule has 19 heavy (non-hydrogen) atoms. The van der Waals surface area contributed by atoms with Crippen molar-refractivity contribution in [1.82, 2.24) is 10.3 Å². The molecule has 2 nitrogen and oxygen atoms in total. The van der Waals surface area contributed by atoms with Gasteiger partial charge < -0.3 is 5.32 Å². The topological polar surface area (TPSA) is 24.9 Å². The van der Waals surface area contributed by atoms with Gasteiger partial charge in [0.2, 0.25) is 0 Å². The molecule has 0 amide bonds. The molecule has 3 heteroatoms. The molecule has 0 radical (unpaired) electrons. The van der Waals surface area contributed by atoms with Gasteiger partial charge in [0.25, 0.3) is 0 Å². The lowest BCUT2D eigenvalue weighted by atomic mass is 10.1. The highest BCUT2D eigenvalue weighted by molar-refractivity contribution is 9.10. The Morgan fingerprint density at radius 3 is 3.00 bits per heavy atom. The van der Waals surface area contributed by atoms with E-state index in [0.717, 1.165) is 34.9 Å². The predicted molar refractivity (Wildman–Crippen MR) is 83.0 cm³/mol. The van der Waals surface area contributed by atoms with Gasteiger partial charge in [-0.05, 0) is 48.9 Å². The standard InChI is InChI=1S/C16H19BrN2/c1-11(12-4-5-12)9-18-10-13-6-7-15(17)14-3-2-8-19-16(13)14/h2-3,6-8,11-12,18H,4-5,9-10H2,1H3. The van der Waals surface area contributed by atoms with E-state index in [1.165, 1.54) is 23.8 Å². The molecule has 100 valence electrons. The number of pyridine rings is 1. The van der Waals surface area contributed by atoms with Crippen molar-refractivity contribution in [3.05, 3.63) is 40.5 Å². The zero-order valence-corrected chi connectivity index (χ0v) is 12.8. The Balaban J connectivity index is 1.72. The van der Waals surface area contributed by atoms with Crippen molar-refractivity contribution >= 4 is 26.8 Å². The molecular formula is C16H19BrN2. The number of rotatable bonds is 5. The lowest BCUT2D eigenvalue weighted by Gasteiger charge is -2.12. The molecule has 1 atom stereocenters. The summed E-state index contributed by atoms with van der Waals surface area (Å²) in [5.74, 6) is 1.77. The van der Waals surface area contributed by atoms with Crippen LogP contribution in [0.25, 0.3) is 10.9 Å². The van der Waals surface area contributed by atoms with Crippen LogP contribution in [-0.2, 0) is 6.54 Å². The monoisotopic (exact) mass is 318 g/mol. The SMILES string of the molecule is CC(CNCc1ccc(Br)c2cccnc12)C1CC1. The number of hydrogen-bond acceptors (Lipinski definition) is 2. The fourth-order valence-electron chi connectivity index (χ4n) is 2.61. The molecule has 1 fully saturated rings. The van der Waals surface area contributed by atoms with Crippen LogP contribution in [0.3, 0.4) is 0 Å². The van der Waals surface area contributed by atoms with E-state index in [2.05, 4.69) is 51.4 Å². The van der Waals surface area contributed by atoms with Crippen LogP contribution in [0.15, 0.2) is 34.9 Å². The molecule has 2 aromatic rings. The van der Waals surface area contributed by atoms with Gasteiger partial charge in [-0.15, -0.1) is 0 Å². The average Bonchev–Trinajstić information content (AvgIpc) is 3.26. The molecule has 1 aromatic heterocycles. The number of aromatic nitrogens is 1. The van der Waals surface area contributed by atoms with Gasteiger partial charge in [0.15, 0.2) is 0 Å². The smallest absolute Gasteiger partial charge is 0.0758 e. The Labute approximate surface area is 122 Å². The molecule has 1 unspecified atom stereocenters. The molecular weight excluding hydrogens is 300 g/mol.